The Morgan fingerprint density at radius 1 is 1.40 bits per heavy atom. The molecule has 0 saturated carbocycles. The third-order valence-electron chi connectivity index (χ3n) is 2.45. The lowest BCUT2D eigenvalue weighted by atomic mass is 10.2. The molecule has 1 aromatic heterocycles. The van der Waals surface area contributed by atoms with Crippen LogP contribution in [0.25, 0.3) is 0 Å². The number of ether oxygens (including phenoxy) is 2. The van der Waals surface area contributed by atoms with Gasteiger partial charge in [-0.15, -0.1) is 0 Å². The fourth-order valence-corrected chi connectivity index (χ4v) is 1.44. The van der Waals surface area contributed by atoms with Gasteiger partial charge < -0.3 is 20.5 Å². The molecule has 112 valence electrons. The van der Waals surface area contributed by atoms with E-state index in [0.717, 1.165) is 0 Å². The molecule has 6 heteroatoms. The van der Waals surface area contributed by atoms with Gasteiger partial charge in [-0.05, 0) is 31.9 Å². The molecule has 1 rings (SSSR count). The first-order chi connectivity index (χ1) is 9.43. The summed E-state index contributed by atoms with van der Waals surface area (Å²) >= 11 is 0. The predicted octanol–water partition coefficient (Wildman–Crippen LogP) is 2.06. The highest BCUT2D eigenvalue weighted by molar-refractivity contribution is 5.78. The lowest BCUT2D eigenvalue weighted by Gasteiger charge is -2.15. The summed E-state index contributed by atoms with van der Waals surface area (Å²) in [4.78, 5) is 15.8. The Hall–Kier alpha value is -1.98. The minimum absolute atomic E-state index is 0.323. The van der Waals surface area contributed by atoms with Gasteiger partial charge in [-0.2, -0.15) is 4.98 Å². The van der Waals surface area contributed by atoms with E-state index in [1.807, 2.05) is 13.8 Å². The van der Waals surface area contributed by atoms with E-state index >= 15 is 0 Å². The van der Waals surface area contributed by atoms with Gasteiger partial charge in [0.15, 0.2) is 0 Å². The summed E-state index contributed by atoms with van der Waals surface area (Å²) in [5, 5.41) is 2.96. The van der Waals surface area contributed by atoms with Crippen molar-refractivity contribution in [1.29, 1.82) is 0 Å². The topological polar surface area (TPSA) is 86.5 Å². The summed E-state index contributed by atoms with van der Waals surface area (Å²) in [5.74, 6) is 0.959. The van der Waals surface area contributed by atoms with Crippen molar-refractivity contribution >= 4 is 17.5 Å². The number of esters is 1. The maximum atomic E-state index is 11.5. The normalized spacial score (nSPS) is 12.1. The van der Waals surface area contributed by atoms with Gasteiger partial charge in [0.2, 0.25) is 5.88 Å². The SMILES string of the molecule is CCOC(=O)C(C)Nc1ccc(N)c(OCC(C)C)n1. The first-order valence-electron chi connectivity index (χ1n) is 6.76. The zero-order valence-electron chi connectivity index (χ0n) is 12.5. The molecule has 0 aliphatic heterocycles. The largest absolute Gasteiger partial charge is 0.476 e. The van der Waals surface area contributed by atoms with Crippen LogP contribution in [0.15, 0.2) is 12.1 Å². The minimum Gasteiger partial charge on any atom is -0.476 e. The highest BCUT2D eigenvalue weighted by atomic mass is 16.5. The summed E-state index contributed by atoms with van der Waals surface area (Å²) in [6.45, 7) is 8.45. The Bertz CT molecular complexity index is 449. The van der Waals surface area contributed by atoms with Crippen molar-refractivity contribution in [2.24, 2.45) is 5.92 Å². The second-order valence-electron chi connectivity index (χ2n) is 4.91. The third kappa shape index (κ3) is 4.95. The number of nitrogen functional groups attached to an aromatic ring is 1. The van der Waals surface area contributed by atoms with Crippen molar-refractivity contribution in [3.63, 3.8) is 0 Å². The molecule has 0 aliphatic carbocycles. The molecule has 20 heavy (non-hydrogen) atoms. The third-order valence-corrected chi connectivity index (χ3v) is 2.45. The minimum atomic E-state index is -0.482. The van der Waals surface area contributed by atoms with Crippen LogP contribution in [0.2, 0.25) is 0 Å². The zero-order chi connectivity index (χ0) is 15.1. The number of hydrogen-bond acceptors (Lipinski definition) is 6. The van der Waals surface area contributed by atoms with E-state index in [2.05, 4.69) is 10.3 Å². The molecule has 0 amide bonds. The van der Waals surface area contributed by atoms with Gasteiger partial charge >= 0.3 is 5.97 Å². The molecule has 3 N–H and O–H groups in total. The van der Waals surface area contributed by atoms with Gasteiger partial charge in [-0.25, -0.2) is 4.79 Å². The van der Waals surface area contributed by atoms with Crippen LogP contribution in [0.1, 0.15) is 27.7 Å². The Morgan fingerprint density at radius 3 is 2.70 bits per heavy atom. The van der Waals surface area contributed by atoms with Crippen molar-refractivity contribution in [3.8, 4) is 5.88 Å². The Labute approximate surface area is 119 Å². The predicted molar refractivity (Wildman–Crippen MR) is 78.7 cm³/mol. The maximum absolute atomic E-state index is 11.5. The number of nitrogens with two attached hydrogens (primary N) is 1. The van der Waals surface area contributed by atoms with Crippen molar-refractivity contribution in [2.45, 2.75) is 33.7 Å². The molecule has 1 unspecified atom stereocenters. The molecule has 1 atom stereocenters. The second kappa shape index (κ2) is 7.57. The molecular formula is C14H23N3O3. The van der Waals surface area contributed by atoms with E-state index < -0.39 is 6.04 Å². The Kier molecular flexibility index (Phi) is 6.09. The number of rotatable bonds is 7. The van der Waals surface area contributed by atoms with E-state index in [0.29, 0.717) is 36.5 Å². The van der Waals surface area contributed by atoms with Crippen LogP contribution in [-0.2, 0) is 9.53 Å². The van der Waals surface area contributed by atoms with Crippen LogP contribution in [-0.4, -0.2) is 30.2 Å². The fraction of sp³-hybridized carbons (Fsp3) is 0.571. The van der Waals surface area contributed by atoms with E-state index in [-0.39, 0.29) is 5.97 Å². The van der Waals surface area contributed by atoms with Crippen molar-refractivity contribution < 1.29 is 14.3 Å². The summed E-state index contributed by atoms with van der Waals surface area (Å²) in [5.41, 5.74) is 6.28. The van der Waals surface area contributed by atoms with Crippen molar-refractivity contribution in [1.82, 2.24) is 4.98 Å². The van der Waals surface area contributed by atoms with E-state index in [9.17, 15) is 4.79 Å². The fourth-order valence-electron chi connectivity index (χ4n) is 1.44. The molecule has 0 radical (unpaired) electrons. The number of pyridine rings is 1. The number of carbonyl (C=O) groups is 1. The van der Waals surface area contributed by atoms with Crippen LogP contribution in [0.5, 0.6) is 5.88 Å². The molecule has 0 aliphatic rings. The smallest absolute Gasteiger partial charge is 0.328 e. The standard InChI is InChI=1S/C14H23N3O3/c1-5-19-14(18)10(4)16-12-7-6-11(15)13(17-12)20-8-9(2)3/h6-7,9-10H,5,8,15H2,1-4H3,(H,16,17). The number of carbonyl (C=O) groups excluding carboxylic acids is 1. The van der Waals surface area contributed by atoms with Gasteiger partial charge in [-0.1, -0.05) is 13.8 Å². The molecule has 0 fully saturated rings. The zero-order valence-corrected chi connectivity index (χ0v) is 12.5. The Balaban J connectivity index is 2.71. The monoisotopic (exact) mass is 281 g/mol. The van der Waals surface area contributed by atoms with Gasteiger partial charge in [0.05, 0.1) is 18.9 Å². The summed E-state index contributed by atoms with van der Waals surface area (Å²) in [6.07, 6.45) is 0. The summed E-state index contributed by atoms with van der Waals surface area (Å²) in [7, 11) is 0. The van der Waals surface area contributed by atoms with Gasteiger partial charge in [0.25, 0.3) is 0 Å². The van der Waals surface area contributed by atoms with Crippen molar-refractivity contribution in [2.75, 3.05) is 24.3 Å². The lowest BCUT2D eigenvalue weighted by Crippen LogP contribution is -2.28. The molecular weight excluding hydrogens is 258 g/mol. The van der Waals surface area contributed by atoms with Crippen LogP contribution in [0, 0.1) is 5.92 Å². The van der Waals surface area contributed by atoms with E-state index in [1.54, 1.807) is 26.0 Å². The maximum Gasteiger partial charge on any atom is 0.328 e. The number of nitrogens with zero attached hydrogens (tertiary/aromatic N) is 1. The molecule has 6 nitrogen and oxygen atoms in total. The highest BCUT2D eigenvalue weighted by Crippen LogP contribution is 2.21. The van der Waals surface area contributed by atoms with Crippen LogP contribution < -0.4 is 15.8 Å². The summed E-state index contributed by atoms with van der Waals surface area (Å²) < 4.78 is 10.5. The van der Waals surface area contributed by atoms with Gasteiger partial charge in [0, 0.05) is 0 Å². The van der Waals surface area contributed by atoms with Crippen LogP contribution in [0.3, 0.4) is 0 Å². The highest BCUT2D eigenvalue weighted by Gasteiger charge is 2.15. The number of anilines is 2. The molecule has 0 saturated heterocycles. The average molecular weight is 281 g/mol. The quantitative estimate of drug-likeness (QED) is 0.744. The molecule has 0 aromatic carbocycles. The van der Waals surface area contributed by atoms with Crippen LogP contribution >= 0.6 is 0 Å². The first-order valence-corrected chi connectivity index (χ1v) is 6.76. The van der Waals surface area contributed by atoms with E-state index in [1.165, 1.54) is 0 Å². The molecule has 1 aromatic rings. The number of nitrogens with one attached hydrogen (secondary N) is 1. The summed E-state index contributed by atoms with van der Waals surface area (Å²) in [6, 6.07) is 2.92. The molecule has 1 heterocycles. The average Bonchev–Trinajstić information content (AvgIpc) is 2.39. The van der Waals surface area contributed by atoms with Crippen LogP contribution in [0.4, 0.5) is 11.5 Å². The second-order valence-corrected chi connectivity index (χ2v) is 4.91. The number of aromatic nitrogens is 1. The van der Waals surface area contributed by atoms with Crippen molar-refractivity contribution in [3.05, 3.63) is 12.1 Å². The lowest BCUT2D eigenvalue weighted by molar-refractivity contribution is -0.143. The Morgan fingerprint density at radius 2 is 2.10 bits per heavy atom. The van der Waals surface area contributed by atoms with Gasteiger partial charge in [0.1, 0.15) is 11.9 Å². The van der Waals surface area contributed by atoms with E-state index in [4.69, 9.17) is 15.2 Å². The molecule has 0 bridgehead atoms. The number of hydrogen-bond donors (Lipinski definition) is 2. The first kappa shape index (κ1) is 16.1. The molecule has 0 spiro atoms. The van der Waals surface area contributed by atoms with Gasteiger partial charge in [-0.3, -0.25) is 0 Å².